The third kappa shape index (κ3) is 4.26. The Hall–Kier alpha value is -2.99. The molecule has 160 valence electrons. The molecule has 2 amide bonds. The van der Waals surface area contributed by atoms with Gasteiger partial charge in [0, 0.05) is 10.6 Å². The molecule has 1 saturated carbocycles. The van der Waals surface area contributed by atoms with Gasteiger partial charge in [-0.1, -0.05) is 24.6 Å². The van der Waals surface area contributed by atoms with Gasteiger partial charge in [-0.05, 0) is 67.6 Å². The number of amides is 2. The summed E-state index contributed by atoms with van der Waals surface area (Å²) in [7, 11) is 0. The Morgan fingerprint density at radius 1 is 1.00 bits per heavy atom. The number of hydrogen-bond acceptors (Lipinski definition) is 5. The van der Waals surface area contributed by atoms with E-state index in [2.05, 4.69) is 6.92 Å². The van der Waals surface area contributed by atoms with Gasteiger partial charge in [0.2, 0.25) is 11.8 Å². The number of nitrogens with zero attached hydrogens (tertiary/aromatic N) is 1. The van der Waals surface area contributed by atoms with Gasteiger partial charge in [0.25, 0.3) is 0 Å². The summed E-state index contributed by atoms with van der Waals surface area (Å²) < 4.78 is 5.14. The molecule has 1 aliphatic heterocycles. The van der Waals surface area contributed by atoms with Crippen LogP contribution < -0.4 is 4.90 Å². The Morgan fingerprint density at radius 2 is 1.71 bits per heavy atom. The van der Waals surface area contributed by atoms with Crippen LogP contribution in [0.5, 0.6) is 0 Å². The van der Waals surface area contributed by atoms with Crippen LogP contribution in [0.1, 0.15) is 46.9 Å². The van der Waals surface area contributed by atoms with Crippen molar-refractivity contribution in [3.63, 3.8) is 0 Å². The van der Waals surface area contributed by atoms with E-state index in [4.69, 9.17) is 16.3 Å². The molecule has 7 heteroatoms. The van der Waals surface area contributed by atoms with Gasteiger partial charge in [0.1, 0.15) is 0 Å². The van der Waals surface area contributed by atoms with Crippen molar-refractivity contribution in [1.82, 2.24) is 0 Å². The van der Waals surface area contributed by atoms with Crippen molar-refractivity contribution in [2.24, 2.45) is 17.8 Å². The van der Waals surface area contributed by atoms with Crippen molar-refractivity contribution in [1.29, 1.82) is 0 Å². The number of rotatable bonds is 5. The first-order chi connectivity index (χ1) is 14.8. The van der Waals surface area contributed by atoms with Crippen molar-refractivity contribution in [2.45, 2.75) is 26.2 Å². The molecule has 1 aliphatic carbocycles. The quantitative estimate of drug-likeness (QED) is 0.394. The van der Waals surface area contributed by atoms with Gasteiger partial charge in [-0.3, -0.25) is 19.3 Å². The summed E-state index contributed by atoms with van der Waals surface area (Å²) in [6.07, 6.45) is 2.35. The summed E-state index contributed by atoms with van der Waals surface area (Å²) in [4.78, 5) is 51.7. The maximum absolute atomic E-state index is 12.9. The van der Waals surface area contributed by atoms with Gasteiger partial charge in [-0.2, -0.15) is 0 Å². The van der Waals surface area contributed by atoms with Crippen LogP contribution in [0, 0.1) is 17.8 Å². The zero-order valence-electron chi connectivity index (χ0n) is 17.0. The normalized spacial score (nSPS) is 22.9. The first-order valence-electron chi connectivity index (χ1n) is 10.3. The minimum Gasteiger partial charge on any atom is -0.454 e. The van der Waals surface area contributed by atoms with Crippen molar-refractivity contribution in [3.05, 3.63) is 64.7 Å². The van der Waals surface area contributed by atoms with Crippen LogP contribution in [0.2, 0.25) is 5.02 Å². The molecule has 1 heterocycles. The van der Waals surface area contributed by atoms with E-state index < -0.39 is 12.6 Å². The molecule has 4 rings (SSSR count). The van der Waals surface area contributed by atoms with E-state index in [-0.39, 0.29) is 35.0 Å². The summed E-state index contributed by atoms with van der Waals surface area (Å²) in [6, 6.07) is 12.5. The number of halogens is 1. The molecule has 31 heavy (non-hydrogen) atoms. The second-order valence-electron chi connectivity index (χ2n) is 8.20. The fourth-order valence-corrected chi connectivity index (χ4v) is 4.48. The lowest BCUT2D eigenvalue weighted by Crippen LogP contribution is -2.31. The van der Waals surface area contributed by atoms with Gasteiger partial charge < -0.3 is 4.74 Å². The minimum absolute atomic E-state index is 0.172. The smallest absolute Gasteiger partial charge is 0.338 e. The molecule has 2 aromatic rings. The van der Waals surface area contributed by atoms with Crippen LogP contribution >= 0.6 is 11.6 Å². The number of hydrogen-bond donors (Lipinski definition) is 0. The molecule has 2 aromatic carbocycles. The Balaban J connectivity index is 1.46. The average Bonchev–Trinajstić information content (AvgIpc) is 3.01. The molecule has 0 spiro atoms. The van der Waals surface area contributed by atoms with Crippen molar-refractivity contribution in [2.75, 3.05) is 11.5 Å². The third-order valence-corrected chi connectivity index (χ3v) is 6.28. The molecule has 1 saturated heterocycles. The van der Waals surface area contributed by atoms with Crippen LogP contribution in [0.3, 0.4) is 0 Å². The zero-order valence-corrected chi connectivity index (χ0v) is 17.8. The SMILES string of the molecule is C[C@@H]1CC[C@@H]2C(=O)N(c3cccc(C(=O)OCC(=O)c4ccc(Cl)cc4)c3)C(=O)[C@H]2C1. The number of ether oxygens (including phenoxy) is 1. The van der Waals surface area contributed by atoms with E-state index in [0.717, 1.165) is 6.42 Å². The van der Waals surface area contributed by atoms with Gasteiger partial charge in [-0.25, -0.2) is 4.79 Å². The van der Waals surface area contributed by atoms with E-state index in [1.165, 1.54) is 17.0 Å². The Morgan fingerprint density at radius 3 is 2.45 bits per heavy atom. The van der Waals surface area contributed by atoms with Crippen LogP contribution in [-0.4, -0.2) is 30.2 Å². The molecule has 0 unspecified atom stereocenters. The molecule has 6 nitrogen and oxygen atoms in total. The number of benzene rings is 2. The first kappa shape index (κ1) is 21.2. The number of anilines is 1. The monoisotopic (exact) mass is 439 g/mol. The van der Waals surface area contributed by atoms with Gasteiger partial charge in [0.05, 0.1) is 23.1 Å². The highest BCUT2D eigenvalue weighted by molar-refractivity contribution is 6.30. The molecule has 0 aromatic heterocycles. The first-order valence-corrected chi connectivity index (χ1v) is 10.7. The van der Waals surface area contributed by atoms with Crippen LogP contribution in [0.4, 0.5) is 5.69 Å². The molecular weight excluding hydrogens is 418 g/mol. The number of esters is 1. The summed E-state index contributed by atoms with van der Waals surface area (Å²) in [5.41, 5.74) is 0.914. The highest BCUT2D eigenvalue weighted by Crippen LogP contribution is 2.42. The zero-order chi connectivity index (χ0) is 22.1. The van der Waals surface area contributed by atoms with Crippen LogP contribution in [0.25, 0.3) is 0 Å². The largest absolute Gasteiger partial charge is 0.454 e. The van der Waals surface area contributed by atoms with Crippen molar-refractivity contribution < 1.29 is 23.9 Å². The Kier molecular flexibility index (Phi) is 5.92. The molecule has 2 aliphatic rings. The van der Waals surface area contributed by atoms with E-state index in [1.54, 1.807) is 36.4 Å². The molecule has 2 fully saturated rings. The minimum atomic E-state index is -0.700. The lowest BCUT2D eigenvalue weighted by atomic mass is 9.76. The van der Waals surface area contributed by atoms with Gasteiger partial charge in [-0.15, -0.1) is 0 Å². The van der Waals surface area contributed by atoms with E-state index in [9.17, 15) is 19.2 Å². The number of fused-ring (bicyclic) bond motifs is 1. The summed E-state index contributed by atoms with van der Waals surface area (Å²) in [6.45, 7) is 1.67. The molecule has 3 atom stereocenters. The number of imide groups is 1. The summed E-state index contributed by atoms with van der Waals surface area (Å²) >= 11 is 5.81. The van der Waals surface area contributed by atoms with E-state index in [1.807, 2.05) is 0 Å². The predicted octanol–water partition coefficient (Wildman–Crippen LogP) is 4.31. The van der Waals surface area contributed by atoms with Crippen LogP contribution in [0.15, 0.2) is 48.5 Å². The van der Waals surface area contributed by atoms with Gasteiger partial charge >= 0.3 is 5.97 Å². The second kappa shape index (κ2) is 8.63. The van der Waals surface area contributed by atoms with Crippen molar-refractivity contribution >= 4 is 40.9 Å². The number of carbonyl (C=O) groups excluding carboxylic acids is 4. The fraction of sp³-hybridized carbons (Fsp3) is 0.333. The maximum Gasteiger partial charge on any atom is 0.338 e. The predicted molar refractivity (Wildman–Crippen MR) is 115 cm³/mol. The van der Waals surface area contributed by atoms with Crippen molar-refractivity contribution in [3.8, 4) is 0 Å². The lowest BCUT2D eigenvalue weighted by Gasteiger charge is -2.25. The lowest BCUT2D eigenvalue weighted by molar-refractivity contribution is -0.122. The maximum atomic E-state index is 12.9. The third-order valence-electron chi connectivity index (χ3n) is 6.03. The molecule has 0 radical (unpaired) electrons. The molecule has 0 N–H and O–H groups in total. The van der Waals surface area contributed by atoms with E-state index >= 15 is 0 Å². The van der Waals surface area contributed by atoms with Gasteiger partial charge in [0.15, 0.2) is 12.4 Å². The summed E-state index contributed by atoms with van der Waals surface area (Å²) in [5, 5.41) is 0.505. The molecular formula is C24H22ClNO5. The standard InChI is InChI=1S/C24H22ClNO5/c1-14-5-10-19-20(11-14)23(29)26(22(19)28)18-4-2-3-16(12-18)24(30)31-13-21(27)15-6-8-17(25)9-7-15/h2-4,6-9,12,14,19-20H,5,10-11,13H2,1H3/t14-,19+,20+/m1/s1. The second-order valence-corrected chi connectivity index (χ2v) is 8.64. The summed E-state index contributed by atoms with van der Waals surface area (Å²) in [5.74, 6) is -1.62. The highest BCUT2D eigenvalue weighted by atomic mass is 35.5. The Bertz CT molecular complexity index is 1050. The number of Topliss-reactive ketones (excluding diaryl/α,β-unsaturated/α-hetero) is 1. The van der Waals surface area contributed by atoms with Crippen LogP contribution in [-0.2, 0) is 14.3 Å². The Labute approximate surface area is 185 Å². The highest BCUT2D eigenvalue weighted by Gasteiger charge is 2.50. The topological polar surface area (TPSA) is 80.8 Å². The number of carbonyl (C=O) groups is 4. The molecule has 0 bridgehead atoms. The number of ketones is 1. The fourth-order valence-electron chi connectivity index (χ4n) is 4.35. The average molecular weight is 440 g/mol. The van der Waals surface area contributed by atoms with E-state index in [0.29, 0.717) is 35.0 Å².